The second kappa shape index (κ2) is 5.03. The molecule has 0 fully saturated rings. The molecule has 0 N–H and O–H groups in total. The van der Waals surface area contributed by atoms with Crippen LogP contribution in [0.3, 0.4) is 0 Å². The number of hydrogen-bond acceptors (Lipinski definition) is 2. The molecule has 0 bridgehead atoms. The molecule has 3 nitrogen and oxygen atoms in total. The molecule has 17 heavy (non-hydrogen) atoms. The summed E-state index contributed by atoms with van der Waals surface area (Å²) < 4.78 is 10.7. The van der Waals surface area contributed by atoms with E-state index < -0.39 is 8.80 Å². The van der Waals surface area contributed by atoms with Crippen molar-refractivity contribution in [3.63, 3.8) is 0 Å². The third-order valence-corrected chi connectivity index (χ3v) is 3.31. The van der Waals surface area contributed by atoms with Gasteiger partial charge < -0.3 is 8.85 Å². The molecule has 0 aromatic heterocycles. The van der Waals surface area contributed by atoms with Crippen molar-refractivity contribution < 1.29 is 13.6 Å². The van der Waals surface area contributed by atoms with Crippen molar-refractivity contribution >= 4 is 8.80 Å². The van der Waals surface area contributed by atoms with E-state index in [2.05, 4.69) is 0 Å². The Bertz CT molecular complexity index is 413. The van der Waals surface area contributed by atoms with Crippen LogP contribution in [0.15, 0.2) is 60.7 Å². The highest BCUT2D eigenvalue weighted by Crippen LogP contribution is 2.18. The van der Waals surface area contributed by atoms with Gasteiger partial charge in [0.2, 0.25) is 0 Å². The first-order valence-corrected chi connectivity index (χ1v) is 7.57. The minimum Gasteiger partial charge on any atom is -0.491 e. The summed E-state index contributed by atoms with van der Waals surface area (Å²) in [5, 5.41) is 0. The SMILES string of the molecule is C[Si]([O])(Oc1ccccc1)Oc1ccccc1. The van der Waals surface area contributed by atoms with Gasteiger partial charge in [0.05, 0.1) is 0 Å². The summed E-state index contributed by atoms with van der Waals surface area (Å²) in [4.78, 5) is 12.1. The van der Waals surface area contributed by atoms with Crippen LogP contribution >= 0.6 is 0 Å². The summed E-state index contributed by atoms with van der Waals surface area (Å²) in [5.41, 5.74) is 0. The molecule has 87 valence electrons. The predicted molar refractivity (Wildman–Crippen MR) is 66.4 cm³/mol. The molecule has 0 saturated carbocycles. The second-order valence-electron chi connectivity index (χ2n) is 3.69. The Labute approximate surface area is 102 Å². The monoisotopic (exact) mass is 245 g/mol. The fourth-order valence-electron chi connectivity index (χ4n) is 1.43. The number of rotatable bonds is 4. The van der Waals surface area contributed by atoms with Crippen LogP contribution in [0.5, 0.6) is 11.5 Å². The summed E-state index contributed by atoms with van der Waals surface area (Å²) >= 11 is 0. The molecule has 0 aliphatic rings. The largest absolute Gasteiger partial charge is 0.656 e. The molecule has 2 aromatic rings. The number of hydrogen-bond donors (Lipinski definition) is 0. The zero-order valence-corrected chi connectivity index (χ0v) is 10.5. The zero-order chi connectivity index (χ0) is 12.1. The Kier molecular flexibility index (Phi) is 3.46. The number of para-hydroxylation sites is 2. The van der Waals surface area contributed by atoms with E-state index in [1.807, 2.05) is 36.4 Å². The van der Waals surface area contributed by atoms with Gasteiger partial charge in [-0.3, -0.25) is 0 Å². The van der Waals surface area contributed by atoms with E-state index in [0.717, 1.165) is 0 Å². The van der Waals surface area contributed by atoms with Gasteiger partial charge in [-0.2, -0.15) is 0 Å². The third kappa shape index (κ3) is 3.62. The van der Waals surface area contributed by atoms with Gasteiger partial charge in [0, 0.05) is 6.55 Å². The van der Waals surface area contributed by atoms with Crippen molar-refractivity contribution in [1.29, 1.82) is 0 Å². The first-order valence-electron chi connectivity index (χ1n) is 5.34. The maximum absolute atomic E-state index is 12.1. The fraction of sp³-hybridized carbons (Fsp3) is 0.0769. The standard InChI is InChI=1S/C13H13O3Si/c1-17(14,15-12-8-4-2-5-9-12)16-13-10-6-3-7-11-13/h2-11H,1H3. The molecule has 4 heteroatoms. The van der Waals surface area contributed by atoms with E-state index in [1.54, 1.807) is 24.3 Å². The van der Waals surface area contributed by atoms with Crippen molar-refractivity contribution in [3.05, 3.63) is 60.7 Å². The van der Waals surface area contributed by atoms with Crippen molar-refractivity contribution in [2.75, 3.05) is 0 Å². The van der Waals surface area contributed by atoms with Gasteiger partial charge in [-0.1, -0.05) is 36.4 Å². The quantitative estimate of drug-likeness (QED) is 0.776. The summed E-state index contributed by atoms with van der Waals surface area (Å²) in [6.45, 7) is 1.48. The Morgan fingerprint density at radius 3 is 1.47 bits per heavy atom. The molecule has 1 radical (unpaired) electrons. The molecule has 0 amide bonds. The lowest BCUT2D eigenvalue weighted by molar-refractivity contribution is 0.212. The highest BCUT2D eigenvalue weighted by Gasteiger charge is 2.37. The minimum absolute atomic E-state index is 0.549. The van der Waals surface area contributed by atoms with Gasteiger partial charge in [0.15, 0.2) is 0 Å². The predicted octanol–water partition coefficient (Wildman–Crippen LogP) is 3.14. The van der Waals surface area contributed by atoms with Crippen molar-refractivity contribution in [2.45, 2.75) is 6.55 Å². The van der Waals surface area contributed by atoms with Gasteiger partial charge >= 0.3 is 8.80 Å². The van der Waals surface area contributed by atoms with Crippen LogP contribution in [-0.4, -0.2) is 8.80 Å². The van der Waals surface area contributed by atoms with Gasteiger partial charge in [-0.15, -0.1) is 0 Å². The average molecular weight is 245 g/mol. The molecule has 0 aliphatic heterocycles. The first-order chi connectivity index (χ1) is 8.16. The lowest BCUT2D eigenvalue weighted by atomic mass is 10.3. The molecule has 0 aliphatic carbocycles. The van der Waals surface area contributed by atoms with Gasteiger partial charge in [-0.05, 0) is 24.3 Å². The van der Waals surface area contributed by atoms with E-state index in [4.69, 9.17) is 8.85 Å². The summed E-state index contributed by atoms with van der Waals surface area (Å²) in [6.07, 6.45) is 0. The molecule has 0 spiro atoms. The molecule has 0 unspecified atom stereocenters. The van der Waals surface area contributed by atoms with Crippen molar-refractivity contribution in [2.24, 2.45) is 0 Å². The normalized spacial score (nSPS) is 10.9. The molecular formula is C13H13O3Si. The lowest BCUT2D eigenvalue weighted by Gasteiger charge is -2.19. The summed E-state index contributed by atoms with van der Waals surface area (Å²) in [7, 11) is -3.43. The van der Waals surface area contributed by atoms with Gasteiger partial charge in [0.1, 0.15) is 11.5 Å². The minimum atomic E-state index is -3.43. The van der Waals surface area contributed by atoms with Crippen molar-refractivity contribution in [3.8, 4) is 11.5 Å². The first kappa shape index (κ1) is 11.7. The van der Waals surface area contributed by atoms with Crippen LogP contribution in [0.4, 0.5) is 0 Å². The van der Waals surface area contributed by atoms with Crippen LogP contribution in [0, 0.1) is 0 Å². The lowest BCUT2D eigenvalue weighted by Crippen LogP contribution is -2.44. The van der Waals surface area contributed by atoms with E-state index in [-0.39, 0.29) is 0 Å². The fourth-order valence-corrected chi connectivity index (χ4v) is 2.60. The van der Waals surface area contributed by atoms with Crippen LogP contribution in [0.2, 0.25) is 6.55 Å². The highest BCUT2D eigenvalue weighted by molar-refractivity contribution is 6.58. The second-order valence-corrected chi connectivity index (χ2v) is 5.83. The van der Waals surface area contributed by atoms with Gasteiger partial charge in [0.25, 0.3) is 0 Å². The molecule has 0 heterocycles. The maximum atomic E-state index is 12.1. The third-order valence-electron chi connectivity index (χ3n) is 2.09. The molecule has 2 rings (SSSR count). The van der Waals surface area contributed by atoms with Crippen LogP contribution in [0.1, 0.15) is 0 Å². The van der Waals surface area contributed by atoms with Crippen molar-refractivity contribution in [1.82, 2.24) is 0 Å². The topological polar surface area (TPSA) is 38.4 Å². The smallest absolute Gasteiger partial charge is 0.491 e. The molecular weight excluding hydrogens is 232 g/mol. The van der Waals surface area contributed by atoms with E-state index >= 15 is 0 Å². The Balaban J connectivity index is 2.04. The highest BCUT2D eigenvalue weighted by atomic mass is 28.4. The van der Waals surface area contributed by atoms with Crippen LogP contribution in [0.25, 0.3) is 0 Å². The molecule has 0 saturated heterocycles. The van der Waals surface area contributed by atoms with E-state index in [9.17, 15) is 4.80 Å². The Hall–Kier alpha value is -1.78. The Morgan fingerprint density at radius 2 is 1.12 bits per heavy atom. The van der Waals surface area contributed by atoms with Crippen LogP contribution in [-0.2, 0) is 4.80 Å². The van der Waals surface area contributed by atoms with E-state index in [0.29, 0.717) is 11.5 Å². The van der Waals surface area contributed by atoms with Crippen LogP contribution < -0.4 is 8.85 Å². The molecule has 0 atom stereocenters. The average Bonchev–Trinajstić information content (AvgIpc) is 2.30. The number of benzene rings is 2. The Morgan fingerprint density at radius 1 is 0.765 bits per heavy atom. The zero-order valence-electron chi connectivity index (χ0n) is 9.50. The summed E-state index contributed by atoms with van der Waals surface area (Å²) in [5.74, 6) is 1.10. The van der Waals surface area contributed by atoms with Gasteiger partial charge in [-0.25, -0.2) is 4.80 Å². The maximum Gasteiger partial charge on any atom is 0.656 e. The molecule has 2 aromatic carbocycles. The van der Waals surface area contributed by atoms with E-state index in [1.165, 1.54) is 6.55 Å². The summed E-state index contributed by atoms with van der Waals surface area (Å²) in [6, 6.07) is 18.0.